The van der Waals surface area contributed by atoms with Crippen molar-refractivity contribution in [3.8, 4) is 6.07 Å². The van der Waals surface area contributed by atoms with Gasteiger partial charge in [0.1, 0.15) is 6.07 Å². The highest BCUT2D eigenvalue weighted by Crippen LogP contribution is 2.32. The van der Waals surface area contributed by atoms with Crippen LogP contribution in [0.25, 0.3) is 23.1 Å². The van der Waals surface area contributed by atoms with E-state index in [1.165, 1.54) is 5.56 Å². The van der Waals surface area contributed by atoms with Crippen molar-refractivity contribution in [2.24, 2.45) is 0 Å². The first-order valence-electron chi connectivity index (χ1n) is 12.6. The number of fused-ring (bicyclic) bond motifs is 1. The third-order valence-electron chi connectivity index (χ3n) is 7.00. The molecule has 1 saturated heterocycles. The molecule has 1 aliphatic heterocycles. The van der Waals surface area contributed by atoms with E-state index in [1.54, 1.807) is 6.20 Å². The van der Waals surface area contributed by atoms with Gasteiger partial charge in [-0.15, -0.1) is 0 Å². The Kier molecular flexibility index (Phi) is 7.61. The SMILES string of the molecule is Cc1ncc(C#N)c(Nc2ccc3[nH]ccc3c2C)c1/C=C/c1ccc(CSN2CCN(C)CC2)cc1. The fraction of sp³-hybridized carbons (Fsp3) is 0.267. The normalized spacial score (nSPS) is 14.9. The van der Waals surface area contributed by atoms with E-state index < -0.39 is 0 Å². The number of benzene rings is 2. The van der Waals surface area contributed by atoms with Gasteiger partial charge < -0.3 is 15.2 Å². The zero-order valence-corrected chi connectivity index (χ0v) is 22.4. The summed E-state index contributed by atoms with van der Waals surface area (Å²) in [5.41, 5.74) is 8.75. The highest BCUT2D eigenvalue weighted by molar-refractivity contribution is 7.96. The van der Waals surface area contributed by atoms with Crippen molar-refractivity contribution >= 4 is 46.4 Å². The van der Waals surface area contributed by atoms with E-state index in [2.05, 4.69) is 99.1 Å². The summed E-state index contributed by atoms with van der Waals surface area (Å²) < 4.78 is 2.47. The van der Waals surface area contributed by atoms with Gasteiger partial charge in [0.25, 0.3) is 0 Å². The third-order valence-corrected chi connectivity index (χ3v) is 8.19. The number of piperazine rings is 1. The van der Waals surface area contributed by atoms with Crippen LogP contribution in [0, 0.1) is 25.2 Å². The summed E-state index contributed by atoms with van der Waals surface area (Å²) in [7, 11) is 2.19. The van der Waals surface area contributed by atoms with Gasteiger partial charge in [-0.2, -0.15) is 5.26 Å². The molecule has 0 unspecified atom stereocenters. The molecule has 0 aliphatic carbocycles. The van der Waals surface area contributed by atoms with Gasteiger partial charge in [0.05, 0.1) is 11.3 Å². The second-order valence-corrected chi connectivity index (χ2v) is 10.6. The molecule has 0 atom stereocenters. The lowest BCUT2D eigenvalue weighted by Gasteiger charge is -2.31. The third kappa shape index (κ3) is 5.72. The molecule has 4 aromatic rings. The molecule has 5 rings (SSSR count). The van der Waals surface area contributed by atoms with Crippen LogP contribution in [0.1, 0.15) is 33.5 Å². The summed E-state index contributed by atoms with van der Waals surface area (Å²) in [5, 5.41) is 14.5. The van der Waals surface area contributed by atoms with E-state index in [0.717, 1.165) is 76.6 Å². The summed E-state index contributed by atoms with van der Waals surface area (Å²) in [6.07, 6.45) is 7.74. The minimum Gasteiger partial charge on any atom is -0.361 e. The number of aryl methyl sites for hydroxylation is 2. The van der Waals surface area contributed by atoms with E-state index in [0.29, 0.717) is 5.56 Å². The van der Waals surface area contributed by atoms with Crippen LogP contribution < -0.4 is 5.32 Å². The van der Waals surface area contributed by atoms with Crippen LogP contribution in [0.4, 0.5) is 11.4 Å². The standard InChI is InChI=1S/C30H32N6S/c1-21-26-12-13-32-29(26)11-10-28(21)34-30-25(18-31)19-33-22(2)27(30)9-8-23-4-6-24(7-5-23)20-37-36-16-14-35(3)15-17-36/h4-13,19,32H,14-17,20H2,1-3H3,(H,33,34)/b9-8+. The molecule has 0 radical (unpaired) electrons. The number of likely N-dealkylation sites (N-methyl/N-ethyl adjacent to an activating group) is 1. The first-order valence-corrected chi connectivity index (χ1v) is 13.5. The largest absolute Gasteiger partial charge is 0.361 e. The summed E-state index contributed by atoms with van der Waals surface area (Å²) in [5.74, 6) is 0.986. The molecule has 3 heterocycles. The van der Waals surface area contributed by atoms with Crippen LogP contribution in [0.3, 0.4) is 0 Å². The molecule has 1 fully saturated rings. The molecule has 2 N–H and O–H groups in total. The number of pyridine rings is 1. The molecule has 0 bridgehead atoms. The molecule has 188 valence electrons. The van der Waals surface area contributed by atoms with Crippen molar-refractivity contribution in [1.82, 2.24) is 19.2 Å². The lowest BCUT2D eigenvalue weighted by Crippen LogP contribution is -2.41. The van der Waals surface area contributed by atoms with Gasteiger partial charge in [-0.05, 0) is 55.8 Å². The van der Waals surface area contributed by atoms with Gasteiger partial charge in [-0.25, -0.2) is 4.31 Å². The minimum atomic E-state index is 0.523. The van der Waals surface area contributed by atoms with E-state index in [-0.39, 0.29) is 0 Å². The van der Waals surface area contributed by atoms with Gasteiger partial charge in [0.2, 0.25) is 0 Å². The highest BCUT2D eigenvalue weighted by atomic mass is 32.2. The smallest absolute Gasteiger partial charge is 0.103 e. The molecular weight excluding hydrogens is 476 g/mol. The van der Waals surface area contributed by atoms with E-state index in [4.69, 9.17) is 0 Å². The first kappa shape index (κ1) is 25.1. The summed E-state index contributed by atoms with van der Waals surface area (Å²) in [6, 6.07) is 17.2. The molecule has 0 spiro atoms. The number of nitrogens with one attached hydrogen (secondary N) is 2. The van der Waals surface area contributed by atoms with Gasteiger partial charge in [0, 0.05) is 72.2 Å². The number of aromatic amines is 1. The minimum absolute atomic E-state index is 0.523. The van der Waals surface area contributed by atoms with Crippen LogP contribution in [0.5, 0.6) is 0 Å². The number of rotatable bonds is 7. The van der Waals surface area contributed by atoms with Crippen molar-refractivity contribution in [2.45, 2.75) is 19.6 Å². The number of nitrogens with zero attached hydrogens (tertiary/aromatic N) is 4. The molecule has 2 aromatic heterocycles. The Morgan fingerprint density at radius 3 is 2.59 bits per heavy atom. The quantitative estimate of drug-likeness (QED) is 0.283. The topological polar surface area (TPSA) is 71.0 Å². The number of aromatic nitrogens is 2. The number of hydrogen-bond acceptors (Lipinski definition) is 6. The van der Waals surface area contributed by atoms with E-state index >= 15 is 0 Å². The molecule has 7 heteroatoms. The van der Waals surface area contributed by atoms with Gasteiger partial charge in [-0.1, -0.05) is 48.4 Å². The zero-order valence-electron chi connectivity index (χ0n) is 21.6. The molecule has 0 saturated carbocycles. The van der Waals surface area contributed by atoms with Crippen molar-refractivity contribution < 1.29 is 0 Å². The van der Waals surface area contributed by atoms with Crippen molar-refractivity contribution in [3.63, 3.8) is 0 Å². The Bertz CT molecular complexity index is 1460. The average Bonchev–Trinajstić information content (AvgIpc) is 3.40. The summed E-state index contributed by atoms with van der Waals surface area (Å²) in [4.78, 5) is 10.1. The monoisotopic (exact) mass is 508 g/mol. The average molecular weight is 509 g/mol. The van der Waals surface area contributed by atoms with E-state index in [9.17, 15) is 5.26 Å². The maximum Gasteiger partial charge on any atom is 0.103 e. The van der Waals surface area contributed by atoms with Crippen LogP contribution in [0.15, 0.2) is 54.9 Å². The number of hydrogen-bond donors (Lipinski definition) is 2. The van der Waals surface area contributed by atoms with Crippen LogP contribution in [-0.2, 0) is 5.75 Å². The Morgan fingerprint density at radius 1 is 1.05 bits per heavy atom. The Hall–Kier alpha value is -3.57. The predicted octanol–water partition coefficient (Wildman–Crippen LogP) is 6.36. The lowest BCUT2D eigenvalue weighted by molar-refractivity contribution is 0.233. The molecule has 0 amide bonds. The van der Waals surface area contributed by atoms with Crippen LogP contribution in [0.2, 0.25) is 0 Å². The maximum absolute atomic E-state index is 9.83. The Balaban J connectivity index is 1.34. The first-order chi connectivity index (χ1) is 18.0. The fourth-order valence-corrected chi connectivity index (χ4v) is 5.53. The second kappa shape index (κ2) is 11.2. The molecular formula is C30H32N6S. The second-order valence-electron chi connectivity index (χ2n) is 9.54. The van der Waals surface area contributed by atoms with Crippen molar-refractivity contribution in [2.75, 3.05) is 38.5 Å². The van der Waals surface area contributed by atoms with Crippen molar-refractivity contribution in [1.29, 1.82) is 5.26 Å². The summed E-state index contributed by atoms with van der Waals surface area (Å²) >= 11 is 1.92. The number of H-pyrrole nitrogens is 1. The zero-order chi connectivity index (χ0) is 25.8. The molecule has 1 aliphatic rings. The van der Waals surface area contributed by atoms with Gasteiger partial charge in [0.15, 0.2) is 0 Å². The molecule has 6 nitrogen and oxygen atoms in total. The maximum atomic E-state index is 9.83. The fourth-order valence-electron chi connectivity index (χ4n) is 4.59. The Labute approximate surface area is 223 Å². The summed E-state index contributed by atoms with van der Waals surface area (Å²) in [6.45, 7) is 8.58. The van der Waals surface area contributed by atoms with Gasteiger partial charge in [-0.3, -0.25) is 4.98 Å². The molecule has 37 heavy (non-hydrogen) atoms. The van der Waals surface area contributed by atoms with Crippen LogP contribution in [-0.4, -0.2) is 52.4 Å². The van der Waals surface area contributed by atoms with Crippen molar-refractivity contribution in [3.05, 3.63) is 88.4 Å². The number of nitriles is 1. The van der Waals surface area contributed by atoms with Gasteiger partial charge >= 0.3 is 0 Å². The molecule has 2 aromatic carbocycles. The lowest BCUT2D eigenvalue weighted by atomic mass is 10.0. The Morgan fingerprint density at radius 2 is 1.84 bits per heavy atom. The number of anilines is 2. The highest BCUT2D eigenvalue weighted by Gasteiger charge is 2.15. The van der Waals surface area contributed by atoms with E-state index in [1.807, 2.05) is 25.1 Å². The predicted molar refractivity (Wildman–Crippen MR) is 156 cm³/mol. The van der Waals surface area contributed by atoms with Crippen LogP contribution >= 0.6 is 11.9 Å².